The Kier molecular flexibility index (Phi) is 6.26. The highest BCUT2D eigenvalue weighted by Gasteiger charge is 2.54. The van der Waals surface area contributed by atoms with Crippen molar-refractivity contribution < 1.29 is 27.9 Å². The van der Waals surface area contributed by atoms with E-state index in [4.69, 9.17) is 0 Å². The van der Waals surface area contributed by atoms with Gasteiger partial charge in [0, 0.05) is 24.8 Å². The number of halogens is 1. The Morgan fingerprint density at radius 3 is 2.72 bits per heavy atom. The van der Waals surface area contributed by atoms with Gasteiger partial charge in [0.15, 0.2) is 14.0 Å². The summed E-state index contributed by atoms with van der Waals surface area (Å²) in [6.07, 6.45) is 0.887. The molecule has 2 aliphatic heterocycles. The number of carboxylic acid groups (broad SMARTS) is 1. The monoisotopic (exact) mass is 526 g/mol. The Labute approximate surface area is 181 Å². The van der Waals surface area contributed by atoms with E-state index in [1.54, 1.807) is 7.05 Å². The lowest BCUT2D eigenvalue weighted by Gasteiger charge is -2.49. The van der Waals surface area contributed by atoms with Gasteiger partial charge in [-0.1, -0.05) is 27.7 Å². The van der Waals surface area contributed by atoms with Crippen LogP contribution in [0.3, 0.4) is 0 Å². The number of amides is 2. The SMILES string of the molecule is Cn1nnnc1SCC1=C(C(=O)O)N2C(=O)C(NC(=O)C(Br)S(C)(=O)=O)[C@@H]2SC1. The van der Waals surface area contributed by atoms with E-state index in [1.807, 2.05) is 0 Å². The molecule has 2 amide bonds. The zero-order chi connectivity index (χ0) is 21.5. The molecule has 29 heavy (non-hydrogen) atoms. The van der Waals surface area contributed by atoms with Crippen LogP contribution in [0.5, 0.6) is 0 Å². The molecule has 3 heterocycles. The number of hydrogen-bond acceptors (Lipinski definition) is 10. The molecule has 0 bridgehead atoms. The molecule has 158 valence electrons. The van der Waals surface area contributed by atoms with Gasteiger partial charge < -0.3 is 10.4 Å². The number of aromatic nitrogens is 4. The predicted molar refractivity (Wildman–Crippen MR) is 107 cm³/mol. The summed E-state index contributed by atoms with van der Waals surface area (Å²) in [5, 5.41) is 22.9. The highest BCUT2D eigenvalue weighted by atomic mass is 79.9. The van der Waals surface area contributed by atoms with Gasteiger partial charge in [-0.05, 0) is 16.0 Å². The number of carbonyl (C=O) groups is 3. The third-order valence-electron chi connectivity index (χ3n) is 4.09. The first-order valence-electron chi connectivity index (χ1n) is 7.90. The lowest BCUT2D eigenvalue weighted by Crippen LogP contribution is -2.71. The van der Waals surface area contributed by atoms with Crippen LogP contribution in [-0.2, 0) is 31.3 Å². The maximum atomic E-state index is 12.5. The summed E-state index contributed by atoms with van der Waals surface area (Å²) in [6, 6.07) is -0.999. The van der Waals surface area contributed by atoms with Crippen LogP contribution in [0.25, 0.3) is 0 Å². The van der Waals surface area contributed by atoms with Crippen molar-refractivity contribution >= 4 is 67.1 Å². The first-order valence-corrected chi connectivity index (χ1v) is 12.8. The molecule has 0 spiro atoms. The fourth-order valence-corrected chi connectivity index (χ4v) is 5.63. The van der Waals surface area contributed by atoms with Gasteiger partial charge >= 0.3 is 5.97 Å². The molecule has 3 atom stereocenters. The van der Waals surface area contributed by atoms with Gasteiger partial charge in [0.1, 0.15) is 17.1 Å². The van der Waals surface area contributed by atoms with Crippen molar-refractivity contribution in [3.8, 4) is 0 Å². The van der Waals surface area contributed by atoms with Gasteiger partial charge in [-0.2, -0.15) is 0 Å². The third kappa shape index (κ3) is 4.29. The van der Waals surface area contributed by atoms with Crippen molar-refractivity contribution in [2.24, 2.45) is 7.05 Å². The quantitative estimate of drug-likeness (QED) is 0.249. The van der Waals surface area contributed by atoms with Gasteiger partial charge in [0.25, 0.3) is 5.91 Å². The lowest BCUT2D eigenvalue weighted by atomic mass is 10.0. The molecule has 0 saturated carbocycles. The molecule has 3 rings (SSSR count). The number of carbonyl (C=O) groups excluding carboxylic acids is 2. The summed E-state index contributed by atoms with van der Waals surface area (Å²) in [4.78, 5) is 37.6. The summed E-state index contributed by atoms with van der Waals surface area (Å²) in [7, 11) is -2.04. The molecule has 0 radical (unpaired) electrons. The average molecular weight is 527 g/mol. The van der Waals surface area contributed by atoms with Gasteiger partial charge in [-0.3, -0.25) is 14.5 Å². The second-order valence-corrected chi connectivity index (χ2v) is 11.9. The number of fused-ring (bicyclic) bond motifs is 1. The predicted octanol–water partition coefficient (Wildman–Crippen LogP) is -1.19. The van der Waals surface area contributed by atoms with Crippen molar-refractivity contribution in [3.05, 3.63) is 11.3 Å². The molecule has 12 nitrogen and oxygen atoms in total. The zero-order valence-corrected chi connectivity index (χ0v) is 19.0. The number of aliphatic carboxylic acids is 1. The summed E-state index contributed by atoms with van der Waals surface area (Å²) in [5.74, 6) is -2.14. The molecule has 1 aromatic heterocycles. The van der Waals surface area contributed by atoms with E-state index >= 15 is 0 Å². The number of sulfone groups is 1. The number of rotatable bonds is 7. The molecule has 0 aromatic carbocycles. The number of tetrazole rings is 1. The summed E-state index contributed by atoms with van der Waals surface area (Å²) < 4.78 is 22.9. The molecule has 16 heteroatoms. The number of β-lactam (4-membered cyclic amide) rings is 1. The minimum absolute atomic E-state index is 0.134. The van der Waals surface area contributed by atoms with E-state index in [-0.39, 0.29) is 11.4 Å². The van der Waals surface area contributed by atoms with Crippen LogP contribution in [-0.4, -0.2) is 89.8 Å². The number of nitrogens with one attached hydrogen (secondary N) is 1. The zero-order valence-electron chi connectivity index (χ0n) is 15.0. The number of nitrogens with zero attached hydrogens (tertiary/aromatic N) is 5. The van der Waals surface area contributed by atoms with Gasteiger partial charge in [0.2, 0.25) is 11.1 Å². The van der Waals surface area contributed by atoms with E-state index in [2.05, 4.69) is 36.8 Å². The molecule has 2 aliphatic rings. The topological polar surface area (TPSA) is 164 Å². The third-order valence-corrected chi connectivity index (χ3v) is 9.94. The molecule has 2 N–H and O–H groups in total. The van der Waals surface area contributed by atoms with Crippen LogP contribution >= 0.6 is 39.5 Å². The molecular weight excluding hydrogens is 512 g/mol. The van der Waals surface area contributed by atoms with Crippen LogP contribution in [0.1, 0.15) is 0 Å². The van der Waals surface area contributed by atoms with Crippen LogP contribution in [0.2, 0.25) is 0 Å². The summed E-state index contributed by atoms with van der Waals surface area (Å²) >= 11 is 5.32. The summed E-state index contributed by atoms with van der Waals surface area (Å²) in [6.45, 7) is 0. The largest absolute Gasteiger partial charge is 0.477 e. The maximum Gasteiger partial charge on any atom is 0.352 e. The highest BCUT2D eigenvalue weighted by Crippen LogP contribution is 2.41. The first-order chi connectivity index (χ1) is 13.5. The fourth-order valence-electron chi connectivity index (χ4n) is 2.70. The Balaban J connectivity index is 1.75. The van der Waals surface area contributed by atoms with Crippen molar-refractivity contribution in [1.82, 2.24) is 30.4 Å². The van der Waals surface area contributed by atoms with Gasteiger partial charge in [-0.15, -0.1) is 16.9 Å². The number of carboxylic acids is 1. The minimum atomic E-state index is -3.70. The van der Waals surface area contributed by atoms with E-state index in [1.165, 1.54) is 28.2 Å². The van der Waals surface area contributed by atoms with E-state index < -0.39 is 43.2 Å². The Morgan fingerprint density at radius 2 is 2.17 bits per heavy atom. The molecular formula is C13H15BrN6O6S3. The standard InChI is InChI=1S/C13H15BrN6O6S3/c1-19-13(16-17-18-19)28-4-5-3-27-11-6(10(22)20(11)7(5)12(23)24)15-9(21)8(14)29(2,25)26/h6,8,11H,3-4H2,1-2H3,(H,15,21)(H,23,24)/t6?,8?,11-/m0/s1. The molecule has 1 fully saturated rings. The molecule has 1 aromatic rings. The van der Waals surface area contributed by atoms with Crippen LogP contribution in [0.4, 0.5) is 0 Å². The van der Waals surface area contributed by atoms with E-state index in [0.717, 1.165) is 11.2 Å². The van der Waals surface area contributed by atoms with Crippen molar-refractivity contribution in [2.45, 2.75) is 20.7 Å². The number of hydrogen-bond donors (Lipinski definition) is 2. The molecule has 0 aliphatic carbocycles. The Bertz CT molecular complexity index is 1010. The normalized spacial score (nSPS) is 22.7. The van der Waals surface area contributed by atoms with Gasteiger partial charge in [0.05, 0.1) is 0 Å². The Morgan fingerprint density at radius 1 is 1.48 bits per heavy atom. The highest BCUT2D eigenvalue weighted by molar-refractivity contribution is 9.11. The van der Waals surface area contributed by atoms with Crippen LogP contribution in [0.15, 0.2) is 16.4 Å². The smallest absolute Gasteiger partial charge is 0.352 e. The number of aryl methyl sites for hydroxylation is 1. The number of alkyl halides is 1. The lowest BCUT2D eigenvalue weighted by molar-refractivity contribution is -0.150. The minimum Gasteiger partial charge on any atom is -0.477 e. The van der Waals surface area contributed by atoms with Crippen molar-refractivity contribution in [2.75, 3.05) is 17.8 Å². The second kappa shape index (κ2) is 8.23. The van der Waals surface area contributed by atoms with Crippen LogP contribution < -0.4 is 5.32 Å². The van der Waals surface area contributed by atoms with Crippen LogP contribution in [0, 0.1) is 0 Å². The van der Waals surface area contributed by atoms with E-state index in [0.29, 0.717) is 16.5 Å². The average Bonchev–Trinajstić information content (AvgIpc) is 3.06. The fraction of sp³-hybridized carbons (Fsp3) is 0.538. The van der Waals surface area contributed by atoms with Crippen molar-refractivity contribution in [1.29, 1.82) is 0 Å². The maximum absolute atomic E-state index is 12.5. The second-order valence-electron chi connectivity index (χ2n) is 6.17. The molecule has 1 saturated heterocycles. The molecule has 2 unspecified atom stereocenters. The Hall–Kier alpha value is -1.65. The summed E-state index contributed by atoms with van der Waals surface area (Å²) in [5.41, 5.74) is 0.393. The van der Waals surface area contributed by atoms with Gasteiger partial charge in [-0.25, -0.2) is 17.9 Å². The number of thioether (sulfide) groups is 2. The van der Waals surface area contributed by atoms with Crippen molar-refractivity contribution in [3.63, 3.8) is 0 Å². The first kappa shape index (κ1) is 22.0. The van der Waals surface area contributed by atoms with E-state index in [9.17, 15) is 27.9 Å².